The van der Waals surface area contributed by atoms with Crippen molar-refractivity contribution in [1.29, 1.82) is 0 Å². The van der Waals surface area contributed by atoms with Crippen molar-refractivity contribution in [2.45, 2.75) is 46.3 Å². The molecule has 0 spiro atoms. The van der Waals surface area contributed by atoms with Crippen LogP contribution in [0.1, 0.15) is 61.5 Å². The summed E-state index contributed by atoms with van der Waals surface area (Å²) in [6.45, 7) is 4.00. The van der Waals surface area contributed by atoms with Gasteiger partial charge in [0.05, 0.1) is 23.8 Å². The molecule has 224 valence electrons. The smallest absolute Gasteiger partial charge is 0.410 e. The highest BCUT2D eigenvalue weighted by Gasteiger charge is 2.36. The summed E-state index contributed by atoms with van der Waals surface area (Å²) in [5.41, 5.74) is -1.70. The summed E-state index contributed by atoms with van der Waals surface area (Å²) < 4.78 is 34.3. The third kappa shape index (κ3) is 8.60. The molecule has 1 saturated heterocycles. The van der Waals surface area contributed by atoms with E-state index >= 15 is 0 Å². The van der Waals surface area contributed by atoms with Gasteiger partial charge in [-0.05, 0) is 39.2 Å². The molecule has 2 N–H and O–H groups in total. The van der Waals surface area contributed by atoms with Gasteiger partial charge in [0.1, 0.15) is 22.3 Å². The maximum atomic E-state index is 13.6. The summed E-state index contributed by atoms with van der Waals surface area (Å²) in [5.74, 6) is -2.80. The van der Waals surface area contributed by atoms with Crippen molar-refractivity contribution in [1.82, 2.24) is 19.8 Å². The first-order valence-electron chi connectivity index (χ1n) is 13.1. The van der Waals surface area contributed by atoms with Crippen molar-refractivity contribution in [2.24, 2.45) is 5.41 Å². The highest BCUT2D eigenvalue weighted by molar-refractivity contribution is 7.90. The summed E-state index contributed by atoms with van der Waals surface area (Å²) in [6, 6.07) is 8.36. The third-order valence-corrected chi connectivity index (χ3v) is 7.23. The molecule has 1 aliphatic rings. The fourth-order valence-electron chi connectivity index (χ4n) is 4.06. The minimum atomic E-state index is -3.48. The molecule has 41 heavy (non-hydrogen) atoms. The van der Waals surface area contributed by atoms with Crippen LogP contribution in [0.3, 0.4) is 0 Å². The zero-order valence-corrected chi connectivity index (χ0v) is 24.4. The molecular weight excluding hydrogens is 556 g/mol. The number of aliphatic hydroxyl groups excluding tert-OH is 1. The Morgan fingerprint density at radius 2 is 1.85 bits per heavy atom. The van der Waals surface area contributed by atoms with Crippen molar-refractivity contribution < 1.29 is 37.4 Å². The zero-order chi connectivity index (χ0) is 30.4. The number of likely N-dealkylation sites (tertiary alicyclic amines) is 1. The van der Waals surface area contributed by atoms with Gasteiger partial charge in [0.15, 0.2) is 5.69 Å². The lowest BCUT2D eigenvalue weighted by atomic mass is 9.97. The first kappa shape index (κ1) is 31.7. The van der Waals surface area contributed by atoms with E-state index in [1.54, 1.807) is 20.8 Å². The predicted molar refractivity (Wildman–Crippen MR) is 148 cm³/mol. The standard InChI is InChI=1S/C27H36N4O9S/c1-27(2,3)25(35)40-21-20(24(34)30(13-15-32)14-16-41(4,37)38)28-22(29-23(21)33)19-11-8-12-31(19)26(36)39-17-18-9-6-5-7-10-18/h5-7,9-10,19,32H,8,11-17H2,1-4H3,(H,28,29,33)/t19-/m0/s1. The van der Waals surface area contributed by atoms with Gasteiger partial charge < -0.3 is 24.5 Å². The van der Waals surface area contributed by atoms with E-state index in [0.717, 1.165) is 16.7 Å². The number of aromatic nitrogens is 2. The number of carbonyl (C=O) groups excluding carboxylic acids is 3. The summed E-state index contributed by atoms with van der Waals surface area (Å²) in [4.78, 5) is 61.8. The molecule has 1 fully saturated rings. The lowest BCUT2D eigenvalue weighted by molar-refractivity contribution is -0.143. The van der Waals surface area contributed by atoms with Crippen LogP contribution in [0.15, 0.2) is 35.1 Å². The number of amides is 2. The number of esters is 1. The number of hydrogen-bond donors (Lipinski definition) is 2. The largest absolute Gasteiger partial charge is 0.445 e. The molecule has 1 atom stereocenters. The molecule has 0 bridgehead atoms. The van der Waals surface area contributed by atoms with Crippen LogP contribution in [-0.4, -0.2) is 89.5 Å². The zero-order valence-electron chi connectivity index (χ0n) is 23.6. The Morgan fingerprint density at radius 1 is 1.17 bits per heavy atom. The molecule has 13 nitrogen and oxygen atoms in total. The number of benzene rings is 1. The van der Waals surface area contributed by atoms with Gasteiger partial charge in [0.25, 0.3) is 11.5 Å². The van der Waals surface area contributed by atoms with Gasteiger partial charge in [-0.15, -0.1) is 0 Å². The van der Waals surface area contributed by atoms with E-state index < -0.39 is 68.6 Å². The van der Waals surface area contributed by atoms with E-state index in [-0.39, 0.29) is 25.5 Å². The third-order valence-electron chi connectivity index (χ3n) is 6.30. The normalized spacial score (nSPS) is 15.4. The molecular formula is C27H36N4O9S. The van der Waals surface area contributed by atoms with Crippen LogP contribution in [0.4, 0.5) is 4.79 Å². The maximum Gasteiger partial charge on any atom is 0.410 e. The van der Waals surface area contributed by atoms with Crippen LogP contribution < -0.4 is 10.3 Å². The van der Waals surface area contributed by atoms with E-state index in [9.17, 15) is 32.7 Å². The fraction of sp³-hybridized carbons (Fsp3) is 0.519. The van der Waals surface area contributed by atoms with Crippen molar-refractivity contribution in [2.75, 3.05) is 38.2 Å². The molecule has 1 aromatic heterocycles. The minimum absolute atomic E-state index is 0.0184. The highest BCUT2D eigenvalue weighted by atomic mass is 32.2. The molecule has 0 radical (unpaired) electrons. The Bertz CT molecular complexity index is 1420. The highest BCUT2D eigenvalue weighted by Crippen LogP contribution is 2.31. The molecule has 1 aliphatic heterocycles. The maximum absolute atomic E-state index is 13.6. The molecule has 0 aliphatic carbocycles. The van der Waals surface area contributed by atoms with Crippen molar-refractivity contribution in [3.63, 3.8) is 0 Å². The number of aromatic amines is 1. The van der Waals surface area contributed by atoms with Crippen LogP contribution in [0.25, 0.3) is 0 Å². The summed E-state index contributed by atoms with van der Waals surface area (Å²) in [6.07, 6.45) is 1.35. The van der Waals surface area contributed by atoms with Gasteiger partial charge in [0.2, 0.25) is 5.75 Å². The lowest BCUT2D eigenvalue weighted by Gasteiger charge is -2.25. The Balaban J connectivity index is 1.99. The number of hydrogen-bond acceptors (Lipinski definition) is 10. The van der Waals surface area contributed by atoms with Gasteiger partial charge in [-0.1, -0.05) is 30.3 Å². The summed E-state index contributed by atoms with van der Waals surface area (Å²) in [7, 11) is -3.48. The molecule has 1 aromatic carbocycles. The van der Waals surface area contributed by atoms with Crippen LogP contribution in [0, 0.1) is 5.41 Å². The molecule has 0 unspecified atom stereocenters. The van der Waals surface area contributed by atoms with E-state index in [0.29, 0.717) is 19.4 Å². The molecule has 3 rings (SSSR count). The van der Waals surface area contributed by atoms with Crippen molar-refractivity contribution in [3.8, 4) is 5.75 Å². The Morgan fingerprint density at radius 3 is 2.46 bits per heavy atom. The summed E-state index contributed by atoms with van der Waals surface area (Å²) >= 11 is 0. The van der Waals surface area contributed by atoms with Crippen molar-refractivity contribution >= 4 is 27.8 Å². The number of rotatable bonds is 10. The van der Waals surface area contributed by atoms with Crippen LogP contribution in [0.5, 0.6) is 5.75 Å². The molecule has 2 amide bonds. The van der Waals surface area contributed by atoms with Gasteiger partial charge in [-0.2, -0.15) is 0 Å². The SMILES string of the molecule is CC(C)(C)C(=O)Oc1c(C(=O)N(CCO)CCS(C)(=O)=O)nc([C@@H]2CCCN2C(=O)OCc2ccccc2)[nH]c1=O. The van der Waals surface area contributed by atoms with Gasteiger partial charge in [0, 0.05) is 25.9 Å². The van der Waals surface area contributed by atoms with Crippen LogP contribution in [0.2, 0.25) is 0 Å². The average molecular weight is 593 g/mol. The molecule has 14 heteroatoms. The molecule has 0 saturated carbocycles. The van der Waals surface area contributed by atoms with Gasteiger partial charge in [-0.3, -0.25) is 19.3 Å². The number of nitrogens with zero attached hydrogens (tertiary/aromatic N) is 3. The van der Waals surface area contributed by atoms with E-state index in [1.807, 2.05) is 30.3 Å². The van der Waals surface area contributed by atoms with Crippen LogP contribution in [-0.2, 0) is 26.0 Å². The Hall–Kier alpha value is -3.78. The number of sulfone groups is 1. The number of carbonyl (C=O) groups is 3. The fourth-order valence-corrected chi connectivity index (χ4v) is 4.61. The van der Waals surface area contributed by atoms with E-state index in [1.165, 1.54) is 4.90 Å². The second-order valence-corrected chi connectivity index (χ2v) is 13.1. The van der Waals surface area contributed by atoms with Crippen LogP contribution >= 0.6 is 0 Å². The number of H-pyrrole nitrogens is 1. The average Bonchev–Trinajstić information content (AvgIpc) is 3.40. The summed E-state index contributed by atoms with van der Waals surface area (Å²) in [5, 5.41) is 9.52. The topological polar surface area (TPSA) is 176 Å². The minimum Gasteiger partial charge on any atom is -0.445 e. The monoisotopic (exact) mass is 592 g/mol. The van der Waals surface area contributed by atoms with E-state index in [4.69, 9.17) is 9.47 Å². The van der Waals surface area contributed by atoms with Gasteiger partial charge >= 0.3 is 12.1 Å². The Kier molecular flexibility index (Phi) is 10.3. The second kappa shape index (κ2) is 13.3. The van der Waals surface area contributed by atoms with Crippen molar-refractivity contribution in [3.05, 3.63) is 57.8 Å². The quantitative estimate of drug-likeness (QED) is 0.386. The number of ether oxygens (including phenoxy) is 2. The van der Waals surface area contributed by atoms with E-state index in [2.05, 4.69) is 9.97 Å². The Labute approximate surface area is 238 Å². The first-order valence-corrected chi connectivity index (χ1v) is 15.2. The number of aliphatic hydroxyl groups is 1. The van der Waals surface area contributed by atoms with Gasteiger partial charge in [-0.25, -0.2) is 18.2 Å². The predicted octanol–water partition coefficient (Wildman–Crippen LogP) is 1.67. The molecule has 2 heterocycles. The molecule has 2 aromatic rings. The second-order valence-electron chi connectivity index (χ2n) is 10.8. The first-order chi connectivity index (χ1) is 19.2. The lowest BCUT2D eigenvalue weighted by Crippen LogP contribution is -2.40. The number of nitrogens with one attached hydrogen (secondary N) is 1.